The Kier molecular flexibility index (Phi) is 4.29. The summed E-state index contributed by atoms with van der Waals surface area (Å²) >= 11 is 0. The number of nitrogens with zero attached hydrogens (tertiary/aromatic N) is 1. The molecule has 2 N–H and O–H groups in total. The minimum atomic E-state index is -0.748. The molecule has 4 nitrogen and oxygen atoms in total. The van der Waals surface area contributed by atoms with Crippen molar-refractivity contribution in [3.63, 3.8) is 0 Å². The molecule has 0 aromatic heterocycles. The predicted octanol–water partition coefficient (Wildman–Crippen LogP) is 1.76. The van der Waals surface area contributed by atoms with Gasteiger partial charge >= 0.3 is 0 Å². The highest BCUT2D eigenvalue weighted by Crippen LogP contribution is 2.32. The molecule has 0 amide bonds. The molecule has 0 atom stereocenters. The molecule has 2 rings (SSSR count). The van der Waals surface area contributed by atoms with Crippen molar-refractivity contribution in [2.24, 2.45) is 0 Å². The van der Waals surface area contributed by atoms with Crippen LogP contribution in [-0.4, -0.2) is 34.9 Å². The molecular weight excluding hydrogens is 267 g/mol. The monoisotopic (exact) mass is 286 g/mol. The highest BCUT2D eigenvalue weighted by atomic mass is 32.2. The van der Waals surface area contributed by atoms with Crippen LogP contribution in [0.1, 0.15) is 13.8 Å². The third kappa shape index (κ3) is 3.37. The zero-order valence-electron chi connectivity index (χ0n) is 11.2. The number of halogens is 1. The van der Waals surface area contributed by atoms with E-state index in [4.69, 9.17) is 10.5 Å². The van der Waals surface area contributed by atoms with E-state index in [0.29, 0.717) is 30.3 Å². The number of hydrogen-bond acceptors (Lipinski definition) is 4. The van der Waals surface area contributed by atoms with Gasteiger partial charge in [0, 0.05) is 47.5 Å². The fourth-order valence-electron chi connectivity index (χ4n) is 2.05. The van der Waals surface area contributed by atoms with E-state index >= 15 is 0 Å². The smallest absolute Gasteiger partial charge is 0.167 e. The first-order valence-electron chi connectivity index (χ1n) is 6.33. The fraction of sp³-hybridized carbons (Fsp3) is 0.538. The summed E-state index contributed by atoms with van der Waals surface area (Å²) in [5.74, 6) is 1.01. The summed E-state index contributed by atoms with van der Waals surface area (Å²) in [6, 6.07) is 2.93. The van der Waals surface area contributed by atoms with Crippen molar-refractivity contribution >= 4 is 22.2 Å². The lowest BCUT2D eigenvalue weighted by molar-refractivity contribution is 0.231. The zero-order valence-corrected chi connectivity index (χ0v) is 12.0. The normalized spacial score (nSPS) is 16.9. The van der Waals surface area contributed by atoms with Gasteiger partial charge in [-0.2, -0.15) is 0 Å². The van der Waals surface area contributed by atoms with Gasteiger partial charge in [-0.3, -0.25) is 4.21 Å². The summed E-state index contributed by atoms with van der Waals surface area (Å²) in [4.78, 5) is 2.03. The van der Waals surface area contributed by atoms with Crippen molar-refractivity contribution < 1.29 is 13.3 Å². The lowest BCUT2D eigenvalue weighted by Crippen LogP contribution is -2.38. The van der Waals surface area contributed by atoms with E-state index < -0.39 is 16.6 Å². The van der Waals surface area contributed by atoms with Crippen LogP contribution in [0.5, 0.6) is 5.75 Å². The third-order valence-corrected chi connectivity index (χ3v) is 4.24. The molecule has 0 spiro atoms. The number of hydrogen-bond donors (Lipinski definition) is 1. The number of ether oxygens (including phenoxy) is 1. The van der Waals surface area contributed by atoms with E-state index in [-0.39, 0.29) is 11.9 Å². The van der Waals surface area contributed by atoms with Crippen LogP contribution in [0.4, 0.5) is 15.8 Å². The molecule has 6 heteroatoms. The van der Waals surface area contributed by atoms with Crippen LogP contribution in [0.25, 0.3) is 0 Å². The predicted molar refractivity (Wildman–Crippen MR) is 76.7 cm³/mol. The van der Waals surface area contributed by atoms with Crippen LogP contribution in [0.3, 0.4) is 0 Å². The Morgan fingerprint density at radius 2 is 2.00 bits per heavy atom. The quantitative estimate of drug-likeness (QED) is 0.860. The maximum atomic E-state index is 13.7. The second-order valence-corrected chi connectivity index (χ2v) is 6.54. The van der Waals surface area contributed by atoms with Crippen molar-refractivity contribution in [1.82, 2.24) is 0 Å². The standard InChI is InChI=1S/C13H19FN2O2S/c1-9(2)18-13-8-12(11(15)7-10(13)14)16-3-5-19(17)6-4-16/h7-9H,3-6,15H2,1-2H3. The Morgan fingerprint density at radius 1 is 1.37 bits per heavy atom. The van der Waals surface area contributed by atoms with Gasteiger partial charge in [-0.1, -0.05) is 0 Å². The molecule has 0 unspecified atom stereocenters. The maximum absolute atomic E-state index is 13.7. The van der Waals surface area contributed by atoms with E-state index in [0.717, 1.165) is 5.69 Å². The largest absolute Gasteiger partial charge is 0.488 e. The first-order chi connectivity index (χ1) is 8.97. The number of rotatable bonds is 3. The van der Waals surface area contributed by atoms with Crippen LogP contribution in [0.2, 0.25) is 0 Å². The van der Waals surface area contributed by atoms with E-state index in [1.165, 1.54) is 6.07 Å². The third-order valence-electron chi connectivity index (χ3n) is 2.96. The topological polar surface area (TPSA) is 55.6 Å². The van der Waals surface area contributed by atoms with Gasteiger partial charge in [0.05, 0.1) is 17.5 Å². The molecule has 1 aromatic carbocycles. The first kappa shape index (κ1) is 14.1. The van der Waals surface area contributed by atoms with Gasteiger partial charge < -0.3 is 15.4 Å². The molecule has 0 radical (unpaired) electrons. The van der Waals surface area contributed by atoms with Gasteiger partial charge in [0.2, 0.25) is 0 Å². The summed E-state index contributed by atoms with van der Waals surface area (Å²) in [5.41, 5.74) is 7.02. The molecule has 19 heavy (non-hydrogen) atoms. The second-order valence-electron chi connectivity index (χ2n) is 4.84. The molecule has 1 aromatic rings. The maximum Gasteiger partial charge on any atom is 0.167 e. The lowest BCUT2D eigenvalue weighted by atomic mass is 10.2. The van der Waals surface area contributed by atoms with Gasteiger partial charge in [0.1, 0.15) is 0 Å². The Labute approximate surface area is 115 Å². The van der Waals surface area contributed by atoms with Crippen LogP contribution in [-0.2, 0) is 10.8 Å². The van der Waals surface area contributed by atoms with Gasteiger partial charge in [-0.15, -0.1) is 0 Å². The van der Waals surface area contributed by atoms with Crippen molar-refractivity contribution in [2.75, 3.05) is 35.2 Å². The van der Waals surface area contributed by atoms with Crippen LogP contribution in [0.15, 0.2) is 12.1 Å². The SMILES string of the molecule is CC(C)Oc1cc(N2CCS(=O)CC2)c(N)cc1F. The van der Waals surface area contributed by atoms with E-state index in [1.54, 1.807) is 6.07 Å². The van der Waals surface area contributed by atoms with Crippen LogP contribution >= 0.6 is 0 Å². The highest BCUT2D eigenvalue weighted by molar-refractivity contribution is 7.85. The van der Waals surface area contributed by atoms with Crippen LogP contribution < -0.4 is 15.4 Å². The average molecular weight is 286 g/mol. The van der Waals surface area contributed by atoms with Gasteiger partial charge in [-0.05, 0) is 13.8 Å². The van der Waals surface area contributed by atoms with Gasteiger partial charge in [-0.25, -0.2) is 4.39 Å². The van der Waals surface area contributed by atoms with Crippen molar-refractivity contribution in [3.8, 4) is 5.75 Å². The Morgan fingerprint density at radius 3 is 2.58 bits per heavy atom. The van der Waals surface area contributed by atoms with Gasteiger partial charge in [0.25, 0.3) is 0 Å². The van der Waals surface area contributed by atoms with Crippen molar-refractivity contribution in [2.45, 2.75) is 20.0 Å². The molecule has 0 saturated carbocycles. The minimum Gasteiger partial charge on any atom is -0.488 e. The Bertz CT molecular complexity index is 484. The molecule has 0 aliphatic carbocycles. The molecule has 1 aliphatic rings. The Hall–Kier alpha value is -1.30. The molecule has 1 saturated heterocycles. The summed E-state index contributed by atoms with van der Waals surface area (Å²) in [5, 5.41) is 0. The van der Waals surface area contributed by atoms with Gasteiger partial charge in [0.15, 0.2) is 11.6 Å². The molecular formula is C13H19FN2O2S. The Balaban J connectivity index is 2.26. The molecule has 106 valence electrons. The molecule has 1 heterocycles. The second kappa shape index (κ2) is 5.77. The number of benzene rings is 1. The van der Waals surface area contributed by atoms with Crippen LogP contribution in [0, 0.1) is 5.82 Å². The van der Waals surface area contributed by atoms with Crippen molar-refractivity contribution in [3.05, 3.63) is 17.9 Å². The van der Waals surface area contributed by atoms with E-state index in [1.807, 2.05) is 18.7 Å². The summed E-state index contributed by atoms with van der Waals surface area (Å²) in [6.07, 6.45) is -0.0974. The fourth-order valence-corrected chi connectivity index (χ4v) is 3.11. The summed E-state index contributed by atoms with van der Waals surface area (Å²) < 4.78 is 30.5. The molecule has 1 fully saturated rings. The molecule has 0 bridgehead atoms. The lowest BCUT2D eigenvalue weighted by Gasteiger charge is -2.30. The highest BCUT2D eigenvalue weighted by Gasteiger charge is 2.20. The summed E-state index contributed by atoms with van der Waals surface area (Å²) in [7, 11) is -0.748. The number of anilines is 2. The number of nitrogens with two attached hydrogens (primary N) is 1. The average Bonchev–Trinajstić information content (AvgIpc) is 2.33. The minimum absolute atomic E-state index is 0.0974. The zero-order chi connectivity index (χ0) is 14.0. The molecule has 1 aliphatic heterocycles. The van der Waals surface area contributed by atoms with Crippen molar-refractivity contribution in [1.29, 1.82) is 0 Å². The number of nitrogen functional groups attached to an aromatic ring is 1. The summed E-state index contributed by atoms with van der Waals surface area (Å²) in [6.45, 7) is 5.03. The van der Waals surface area contributed by atoms with E-state index in [2.05, 4.69) is 0 Å². The van der Waals surface area contributed by atoms with E-state index in [9.17, 15) is 8.60 Å². The first-order valence-corrected chi connectivity index (χ1v) is 7.81.